The van der Waals surface area contributed by atoms with Crippen LogP contribution in [0.1, 0.15) is 141 Å². The minimum absolute atomic E-state index is 0.134. The molecule has 0 saturated carbocycles. The first-order valence-corrected chi connectivity index (χ1v) is 21.5. The summed E-state index contributed by atoms with van der Waals surface area (Å²) >= 11 is 0. The van der Waals surface area contributed by atoms with E-state index < -0.39 is 44.4 Å². The maximum absolute atomic E-state index is 13.0. The van der Waals surface area contributed by atoms with E-state index in [1.807, 2.05) is 30.3 Å². The van der Waals surface area contributed by atoms with Crippen molar-refractivity contribution in [3.05, 3.63) is 60.0 Å². The zero-order valence-corrected chi connectivity index (χ0v) is 32.9. The number of fused-ring (bicyclic) bond motifs is 1. The van der Waals surface area contributed by atoms with Gasteiger partial charge >= 0.3 is 7.82 Å². The monoisotopic (exact) mass is 760 g/mol. The summed E-state index contributed by atoms with van der Waals surface area (Å²) in [4.78, 5) is 14.6. The number of aliphatic hydroxyl groups excluding tert-OH is 2. The van der Waals surface area contributed by atoms with Gasteiger partial charge in [0.05, 0.1) is 31.6 Å². The Morgan fingerprint density at radius 2 is 1.45 bits per heavy atom. The second-order valence-corrected chi connectivity index (χ2v) is 16.2. The molecule has 1 aromatic carbocycles. The standard InChI is InChI=1S/C40H65N4O8P/c1-3-4-5-6-7-8-9-10-11-12-13-14-15-16-17-18-22-25-33(49-28-32-23-20-19-21-24-32)29-50-53(47,48)51-30-35-37(45)38(46)40(2,52-35)36-27-26-34-39(41)42-31-43-44(34)36/h19-21,23-24,26-27,31,33,35,37-38,45-46H,3-18,22,25,28-30H2,1-2H3,(H,47,48)(H2,41,42,43)/t33-,35-,37-,38-,40+/m1/s1. The number of phosphoric ester groups is 1. The summed E-state index contributed by atoms with van der Waals surface area (Å²) in [6, 6.07) is 13.1. The molecular formula is C40H65N4O8P. The Hall–Kier alpha value is -2.41. The fourth-order valence-corrected chi connectivity index (χ4v) is 7.90. The minimum Gasteiger partial charge on any atom is -0.387 e. The van der Waals surface area contributed by atoms with Gasteiger partial charge in [-0.25, -0.2) is 14.1 Å². The van der Waals surface area contributed by atoms with Gasteiger partial charge in [0, 0.05) is 0 Å². The van der Waals surface area contributed by atoms with Crippen molar-refractivity contribution in [2.24, 2.45) is 0 Å². The fourth-order valence-electron chi connectivity index (χ4n) is 7.14. The highest BCUT2D eigenvalue weighted by Gasteiger charge is 2.54. The van der Waals surface area contributed by atoms with Crippen molar-refractivity contribution >= 4 is 19.2 Å². The van der Waals surface area contributed by atoms with Crippen molar-refractivity contribution < 1.29 is 38.2 Å². The van der Waals surface area contributed by atoms with Gasteiger partial charge in [-0.1, -0.05) is 146 Å². The molecule has 0 radical (unpaired) electrons. The Bertz CT molecular complexity index is 1500. The smallest absolute Gasteiger partial charge is 0.387 e. The molecule has 0 amide bonds. The van der Waals surface area contributed by atoms with Crippen LogP contribution in [0.3, 0.4) is 0 Å². The van der Waals surface area contributed by atoms with E-state index in [0.717, 1.165) is 24.8 Å². The number of rotatable bonds is 28. The number of aromatic nitrogens is 3. The first-order chi connectivity index (χ1) is 25.6. The van der Waals surface area contributed by atoms with E-state index >= 15 is 0 Å². The molecule has 0 bridgehead atoms. The third-order valence-corrected chi connectivity index (χ3v) is 11.4. The van der Waals surface area contributed by atoms with Crippen molar-refractivity contribution in [1.82, 2.24) is 14.6 Å². The second-order valence-electron chi connectivity index (χ2n) is 14.8. The van der Waals surface area contributed by atoms with E-state index in [9.17, 15) is 19.7 Å². The van der Waals surface area contributed by atoms with E-state index in [4.69, 9.17) is 24.3 Å². The molecule has 1 unspecified atom stereocenters. The molecule has 1 aliphatic rings. The number of benzene rings is 1. The van der Waals surface area contributed by atoms with E-state index in [2.05, 4.69) is 17.0 Å². The number of hydrogen-bond acceptors (Lipinski definition) is 10. The topological polar surface area (TPSA) is 171 Å². The zero-order valence-electron chi connectivity index (χ0n) is 32.0. The average molecular weight is 761 g/mol. The van der Waals surface area contributed by atoms with Gasteiger partial charge in [0.15, 0.2) is 5.82 Å². The lowest BCUT2D eigenvalue weighted by molar-refractivity contribution is -0.0894. The largest absolute Gasteiger partial charge is 0.472 e. The maximum atomic E-state index is 13.0. The van der Waals surface area contributed by atoms with Gasteiger partial charge in [-0.15, -0.1) is 0 Å². The molecule has 12 nitrogen and oxygen atoms in total. The highest BCUT2D eigenvalue weighted by atomic mass is 31.2. The van der Waals surface area contributed by atoms with Crippen LogP contribution in [0.25, 0.3) is 5.52 Å². The second kappa shape index (κ2) is 22.8. The molecule has 6 atom stereocenters. The predicted molar refractivity (Wildman–Crippen MR) is 207 cm³/mol. The van der Waals surface area contributed by atoms with Crippen LogP contribution in [0.5, 0.6) is 0 Å². The van der Waals surface area contributed by atoms with Crippen LogP contribution in [0, 0.1) is 0 Å². The molecule has 3 aromatic rings. The summed E-state index contributed by atoms with van der Waals surface area (Å²) in [5.74, 6) is 0.247. The van der Waals surface area contributed by atoms with Crippen molar-refractivity contribution in [1.29, 1.82) is 0 Å². The zero-order chi connectivity index (χ0) is 37.9. The van der Waals surface area contributed by atoms with Gasteiger partial charge in [-0.2, -0.15) is 5.10 Å². The van der Waals surface area contributed by atoms with Crippen LogP contribution in [-0.2, 0) is 35.3 Å². The van der Waals surface area contributed by atoms with Gasteiger partial charge in [0.25, 0.3) is 0 Å². The molecule has 3 heterocycles. The molecule has 298 valence electrons. The molecule has 13 heteroatoms. The Morgan fingerprint density at radius 1 is 0.868 bits per heavy atom. The Balaban J connectivity index is 1.15. The molecule has 1 fully saturated rings. The van der Waals surface area contributed by atoms with E-state index in [0.29, 0.717) is 24.2 Å². The first kappa shape index (κ1) is 43.3. The summed E-state index contributed by atoms with van der Waals surface area (Å²) < 4.78 is 37.4. The summed E-state index contributed by atoms with van der Waals surface area (Å²) in [6.07, 6.45) is 19.7. The average Bonchev–Trinajstić information content (AvgIpc) is 3.70. The number of aliphatic hydroxyl groups is 2. The van der Waals surface area contributed by atoms with Crippen molar-refractivity contribution in [2.75, 3.05) is 18.9 Å². The van der Waals surface area contributed by atoms with Crippen LogP contribution in [0.2, 0.25) is 0 Å². The highest BCUT2D eigenvalue weighted by molar-refractivity contribution is 7.47. The molecule has 53 heavy (non-hydrogen) atoms. The van der Waals surface area contributed by atoms with Crippen LogP contribution < -0.4 is 5.73 Å². The van der Waals surface area contributed by atoms with Crippen molar-refractivity contribution in [3.8, 4) is 0 Å². The van der Waals surface area contributed by atoms with Gasteiger partial charge in [0.2, 0.25) is 0 Å². The predicted octanol–water partition coefficient (Wildman–Crippen LogP) is 8.41. The number of hydrogen-bond donors (Lipinski definition) is 4. The minimum atomic E-state index is -4.56. The number of nitrogen functional groups attached to an aromatic ring is 1. The van der Waals surface area contributed by atoms with Gasteiger partial charge in [0.1, 0.15) is 35.8 Å². The highest BCUT2D eigenvalue weighted by Crippen LogP contribution is 2.46. The Labute approximate surface area is 316 Å². The van der Waals surface area contributed by atoms with Crippen LogP contribution >= 0.6 is 7.82 Å². The number of unbranched alkanes of at least 4 members (excludes halogenated alkanes) is 16. The lowest BCUT2D eigenvalue weighted by Crippen LogP contribution is -2.39. The molecule has 1 saturated heterocycles. The summed E-state index contributed by atoms with van der Waals surface area (Å²) in [7, 11) is -4.56. The summed E-state index contributed by atoms with van der Waals surface area (Å²) in [5, 5.41) is 26.0. The quantitative estimate of drug-likeness (QED) is 0.0414. The van der Waals surface area contributed by atoms with Crippen LogP contribution in [0.4, 0.5) is 5.82 Å². The lowest BCUT2D eigenvalue weighted by Gasteiger charge is -2.27. The van der Waals surface area contributed by atoms with Gasteiger partial charge < -0.3 is 30.3 Å². The maximum Gasteiger partial charge on any atom is 0.472 e. The van der Waals surface area contributed by atoms with E-state index in [-0.39, 0.29) is 12.4 Å². The van der Waals surface area contributed by atoms with Gasteiger partial charge in [-0.05, 0) is 31.0 Å². The summed E-state index contributed by atoms with van der Waals surface area (Å²) in [5.41, 5.74) is 6.49. The molecule has 5 N–H and O–H groups in total. The first-order valence-electron chi connectivity index (χ1n) is 20.0. The van der Waals surface area contributed by atoms with Crippen molar-refractivity contribution in [3.63, 3.8) is 0 Å². The number of nitrogens with two attached hydrogens (primary N) is 1. The molecule has 0 aliphatic carbocycles. The third-order valence-electron chi connectivity index (χ3n) is 10.4. The molecule has 1 aliphatic heterocycles. The SMILES string of the molecule is CCCCCCCCCCCCCCCCCCC[C@H](COP(=O)(O)OC[C@H]1O[C@@](C)(c2ccc3c(N)ncnn23)[C@H](O)[C@@H]1O)OCc1ccccc1. The van der Waals surface area contributed by atoms with E-state index in [1.54, 1.807) is 19.1 Å². The van der Waals surface area contributed by atoms with Crippen molar-refractivity contribution in [2.45, 2.75) is 166 Å². The van der Waals surface area contributed by atoms with Crippen LogP contribution in [-0.4, -0.2) is 67.3 Å². The number of ether oxygens (including phenoxy) is 2. The molecular weight excluding hydrogens is 695 g/mol. The Kier molecular flexibility index (Phi) is 18.7. The third kappa shape index (κ3) is 14.0. The van der Waals surface area contributed by atoms with Crippen LogP contribution in [0.15, 0.2) is 48.8 Å². The number of anilines is 1. The van der Waals surface area contributed by atoms with Gasteiger partial charge in [-0.3, -0.25) is 9.05 Å². The molecule has 2 aromatic heterocycles. The lowest BCUT2D eigenvalue weighted by atomic mass is 9.93. The fraction of sp³-hybridized carbons (Fsp3) is 0.700. The normalized spacial score (nSPS) is 22.0. The van der Waals surface area contributed by atoms with E-state index in [1.165, 1.54) is 101 Å². The summed E-state index contributed by atoms with van der Waals surface area (Å²) in [6.45, 7) is 3.60. The Morgan fingerprint density at radius 3 is 2.06 bits per heavy atom. The molecule has 0 spiro atoms. The number of nitrogens with zero attached hydrogens (tertiary/aromatic N) is 3. The molecule has 4 rings (SSSR count). The number of phosphoric acid groups is 1.